The molecule has 0 amide bonds. The van der Waals surface area contributed by atoms with Gasteiger partial charge < -0.3 is 52.8 Å². The van der Waals surface area contributed by atoms with Crippen LogP contribution in [0, 0.1) is 16.0 Å². The number of hydrogen-bond donors (Lipinski definition) is 1. The van der Waals surface area contributed by atoms with Crippen LogP contribution in [0.3, 0.4) is 0 Å². The van der Waals surface area contributed by atoms with Gasteiger partial charge in [0, 0.05) is 59.4 Å². The number of methoxy groups -OCH3 is 3. The maximum Gasteiger partial charge on any atom is 0.510 e. The number of hydrogen-bond acceptors (Lipinski definition) is 15. The maximum absolute atomic E-state index is 12.4. The minimum atomic E-state index is -1.45. The van der Waals surface area contributed by atoms with E-state index < -0.39 is 23.6 Å². The molecule has 4 rings (SSSR count). The summed E-state index contributed by atoms with van der Waals surface area (Å²) >= 11 is 0. The standard InChI is InChI=1S/C37H55N3O13/c1-26(20-45-4)21-47-22-28-7-10-30(11-8-28)36-34(49-23-29-9-12-33-32(17-29)39(14-16-48-33)13-6-15-44-3)18-38-19-35(36)50-25-31(24-46-5)52-37(41)51-27(2)53-40(42)43/h7-12,17,26-27,31,34-36,38H,6,13-16,18-25H2,1-5H3/t26?,27?,31?,34-,35+,36+/m0/s1. The monoisotopic (exact) mass is 749 g/mol. The first kappa shape index (κ1) is 42.0. The molecule has 16 heteroatoms. The van der Waals surface area contributed by atoms with Gasteiger partial charge in [0.15, 0.2) is 6.10 Å². The molecule has 2 aromatic rings. The zero-order valence-corrected chi connectivity index (χ0v) is 31.4. The van der Waals surface area contributed by atoms with E-state index in [9.17, 15) is 14.9 Å². The quantitative estimate of drug-likeness (QED) is 0.0567. The lowest BCUT2D eigenvalue weighted by molar-refractivity contribution is -0.777. The lowest BCUT2D eigenvalue weighted by Gasteiger charge is -2.39. The van der Waals surface area contributed by atoms with E-state index >= 15 is 0 Å². The lowest BCUT2D eigenvalue weighted by atomic mass is 9.85. The Labute approximate surface area is 311 Å². The van der Waals surface area contributed by atoms with Crippen molar-refractivity contribution in [2.75, 3.05) is 92.0 Å². The van der Waals surface area contributed by atoms with Crippen molar-refractivity contribution in [3.05, 3.63) is 69.3 Å². The number of anilines is 1. The van der Waals surface area contributed by atoms with E-state index in [2.05, 4.69) is 52.3 Å². The molecule has 2 aliphatic rings. The van der Waals surface area contributed by atoms with Crippen LogP contribution in [-0.4, -0.2) is 123 Å². The van der Waals surface area contributed by atoms with Gasteiger partial charge in [-0.05, 0) is 42.2 Å². The molecular formula is C37H55N3O13. The number of carbonyl (C=O) groups is 1. The summed E-state index contributed by atoms with van der Waals surface area (Å²) < 4.78 is 50.9. The smallest absolute Gasteiger partial charge is 0.490 e. The minimum Gasteiger partial charge on any atom is -0.490 e. The summed E-state index contributed by atoms with van der Waals surface area (Å²) in [6, 6.07) is 14.4. The lowest BCUT2D eigenvalue weighted by Crippen LogP contribution is -2.51. The Kier molecular flexibility index (Phi) is 17.8. The third-order valence-corrected chi connectivity index (χ3v) is 8.81. The van der Waals surface area contributed by atoms with Gasteiger partial charge in [-0.15, -0.1) is 10.1 Å². The van der Waals surface area contributed by atoms with Crippen molar-refractivity contribution >= 4 is 11.8 Å². The van der Waals surface area contributed by atoms with Gasteiger partial charge in [0.05, 0.1) is 64.1 Å². The van der Waals surface area contributed by atoms with E-state index in [4.69, 9.17) is 42.6 Å². The van der Waals surface area contributed by atoms with Gasteiger partial charge in [0.25, 0.3) is 5.09 Å². The average molecular weight is 750 g/mol. The summed E-state index contributed by atoms with van der Waals surface area (Å²) in [6.45, 7) is 9.43. The molecule has 296 valence electrons. The molecular weight excluding hydrogens is 694 g/mol. The summed E-state index contributed by atoms with van der Waals surface area (Å²) in [4.78, 5) is 29.5. The van der Waals surface area contributed by atoms with Crippen molar-refractivity contribution < 1.29 is 57.4 Å². The third-order valence-electron chi connectivity index (χ3n) is 8.81. The normalized spacial score (nSPS) is 20.1. The molecule has 0 aromatic heterocycles. The van der Waals surface area contributed by atoms with E-state index in [0.29, 0.717) is 52.7 Å². The molecule has 1 N–H and O–H groups in total. The van der Waals surface area contributed by atoms with E-state index in [1.165, 1.54) is 14.0 Å². The molecule has 2 heterocycles. The molecule has 0 saturated carbocycles. The number of benzene rings is 2. The van der Waals surface area contributed by atoms with Crippen LogP contribution in [0.4, 0.5) is 10.5 Å². The van der Waals surface area contributed by atoms with Crippen molar-refractivity contribution in [3.63, 3.8) is 0 Å². The number of rotatable bonds is 23. The van der Waals surface area contributed by atoms with Gasteiger partial charge >= 0.3 is 6.16 Å². The summed E-state index contributed by atoms with van der Waals surface area (Å²) in [5, 5.41) is 13.0. The van der Waals surface area contributed by atoms with E-state index in [-0.39, 0.29) is 37.3 Å². The van der Waals surface area contributed by atoms with Crippen LogP contribution in [0.2, 0.25) is 0 Å². The highest BCUT2D eigenvalue weighted by molar-refractivity contribution is 5.61. The van der Waals surface area contributed by atoms with Crippen LogP contribution in [0.1, 0.15) is 42.9 Å². The van der Waals surface area contributed by atoms with Crippen molar-refractivity contribution in [3.8, 4) is 5.75 Å². The van der Waals surface area contributed by atoms with Crippen LogP contribution in [-0.2, 0) is 55.9 Å². The average Bonchev–Trinajstić information content (AvgIpc) is 3.13. The number of piperidine rings is 1. The number of nitrogens with one attached hydrogen (secondary N) is 1. The number of carbonyl (C=O) groups excluding carboxylic acids is 1. The first-order valence-electron chi connectivity index (χ1n) is 18.0. The largest absolute Gasteiger partial charge is 0.510 e. The van der Waals surface area contributed by atoms with Crippen LogP contribution in [0.25, 0.3) is 0 Å². The molecule has 53 heavy (non-hydrogen) atoms. The molecule has 3 unspecified atom stereocenters. The molecule has 16 nitrogen and oxygen atoms in total. The second kappa shape index (κ2) is 22.4. The number of ether oxygens (including phenoxy) is 9. The molecule has 0 radical (unpaired) electrons. The van der Waals surface area contributed by atoms with Crippen molar-refractivity contribution in [2.45, 2.75) is 64.0 Å². The fourth-order valence-corrected chi connectivity index (χ4v) is 6.38. The molecule has 1 saturated heterocycles. The molecule has 1 fully saturated rings. The molecule has 0 bridgehead atoms. The van der Waals surface area contributed by atoms with Crippen molar-refractivity contribution in [1.29, 1.82) is 0 Å². The zero-order valence-electron chi connectivity index (χ0n) is 31.4. The highest BCUT2D eigenvalue weighted by Gasteiger charge is 2.37. The summed E-state index contributed by atoms with van der Waals surface area (Å²) in [7, 11) is 4.86. The van der Waals surface area contributed by atoms with E-state index in [1.807, 2.05) is 12.1 Å². The number of fused-ring (bicyclic) bond motifs is 1. The third kappa shape index (κ3) is 13.9. The zero-order chi connectivity index (χ0) is 38.0. The molecule has 0 aliphatic carbocycles. The minimum absolute atomic E-state index is 0.00649. The highest BCUT2D eigenvalue weighted by Crippen LogP contribution is 2.35. The van der Waals surface area contributed by atoms with E-state index in [0.717, 1.165) is 47.6 Å². The van der Waals surface area contributed by atoms with Gasteiger partial charge in [-0.1, -0.05) is 37.3 Å². The second-order valence-corrected chi connectivity index (χ2v) is 13.2. The molecule has 0 spiro atoms. The van der Waals surface area contributed by atoms with E-state index in [1.54, 1.807) is 14.2 Å². The Morgan fingerprint density at radius 1 is 0.925 bits per heavy atom. The number of nitrogens with zero attached hydrogens (tertiary/aromatic N) is 2. The highest BCUT2D eigenvalue weighted by atomic mass is 17.0. The Balaban J connectivity index is 1.48. The fourth-order valence-electron chi connectivity index (χ4n) is 6.38. The Morgan fingerprint density at radius 3 is 2.38 bits per heavy atom. The van der Waals surface area contributed by atoms with Crippen LogP contribution < -0.4 is 15.0 Å². The summed E-state index contributed by atoms with van der Waals surface area (Å²) in [5.74, 6) is 0.955. The molecule has 2 aromatic carbocycles. The van der Waals surface area contributed by atoms with Crippen LogP contribution in [0.15, 0.2) is 42.5 Å². The Bertz CT molecular complexity index is 1380. The maximum atomic E-state index is 12.4. The SMILES string of the molecule is COCCCN1CCOc2ccc(CO[C@H]3CNC[C@@H](OCC(COC)OC(=O)OC(C)O[N+](=O)[O-])[C@@H]3c3ccc(COCC(C)COC)cc3)cc21. The van der Waals surface area contributed by atoms with Crippen molar-refractivity contribution in [1.82, 2.24) is 5.32 Å². The predicted molar refractivity (Wildman–Crippen MR) is 192 cm³/mol. The van der Waals surface area contributed by atoms with Crippen LogP contribution >= 0.6 is 0 Å². The second-order valence-electron chi connectivity index (χ2n) is 13.2. The molecule has 2 aliphatic heterocycles. The Hall–Kier alpha value is -3.77. The molecule has 6 atom stereocenters. The summed E-state index contributed by atoms with van der Waals surface area (Å²) in [6.07, 6.45) is -3.20. The van der Waals surface area contributed by atoms with Crippen molar-refractivity contribution in [2.24, 2.45) is 5.92 Å². The summed E-state index contributed by atoms with van der Waals surface area (Å²) in [5.41, 5.74) is 4.13. The van der Waals surface area contributed by atoms with Gasteiger partial charge in [0.2, 0.25) is 6.29 Å². The topological polar surface area (TPSA) is 168 Å². The fraction of sp³-hybridized carbons (Fsp3) is 0.649. The van der Waals surface area contributed by atoms with Gasteiger partial charge in [-0.2, -0.15) is 0 Å². The van der Waals surface area contributed by atoms with Gasteiger partial charge in [0.1, 0.15) is 12.4 Å². The van der Waals surface area contributed by atoms with Crippen LogP contribution in [0.5, 0.6) is 5.75 Å². The Morgan fingerprint density at radius 2 is 1.66 bits per heavy atom. The van der Waals surface area contributed by atoms with Gasteiger partial charge in [-0.25, -0.2) is 4.79 Å². The predicted octanol–water partition coefficient (Wildman–Crippen LogP) is 4.10. The first-order valence-corrected chi connectivity index (χ1v) is 18.0. The van der Waals surface area contributed by atoms with Gasteiger partial charge in [-0.3, -0.25) is 4.84 Å². The first-order chi connectivity index (χ1) is 25.7.